The molecule has 0 amide bonds. The Morgan fingerprint density at radius 2 is 2.11 bits per heavy atom. The van der Waals surface area contributed by atoms with Gasteiger partial charge in [0.15, 0.2) is 0 Å². The van der Waals surface area contributed by atoms with Gasteiger partial charge in [-0.2, -0.15) is 9.57 Å². The van der Waals surface area contributed by atoms with Crippen molar-refractivity contribution in [1.29, 1.82) is 5.26 Å². The van der Waals surface area contributed by atoms with Crippen LogP contribution in [0.1, 0.15) is 25.7 Å². The first-order valence-corrected chi connectivity index (χ1v) is 8.19. The zero-order chi connectivity index (χ0) is 13.9. The molecule has 0 aromatic heterocycles. The summed E-state index contributed by atoms with van der Waals surface area (Å²) < 4.78 is 43.7. The Bertz CT molecular complexity index is 454. The fourth-order valence-electron chi connectivity index (χ4n) is 2.82. The van der Waals surface area contributed by atoms with Crippen molar-refractivity contribution < 1.29 is 17.5 Å². The fraction of sp³-hybridized carbons (Fsp3) is 0.917. The Morgan fingerprint density at radius 3 is 2.68 bits per heavy atom. The summed E-state index contributed by atoms with van der Waals surface area (Å²) in [4.78, 5) is 0. The van der Waals surface area contributed by atoms with Crippen LogP contribution in [-0.2, 0) is 14.8 Å². The first kappa shape index (κ1) is 14.7. The van der Waals surface area contributed by atoms with Crippen molar-refractivity contribution in [2.45, 2.75) is 31.8 Å². The smallest absolute Gasteiger partial charge is 0.215 e. The molecule has 0 unspecified atom stereocenters. The van der Waals surface area contributed by atoms with E-state index < -0.39 is 28.2 Å². The van der Waals surface area contributed by atoms with Crippen LogP contribution in [0.4, 0.5) is 4.39 Å². The first-order valence-electron chi connectivity index (χ1n) is 6.58. The van der Waals surface area contributed by atoms with Crippen molar-refractivity contribution in [1.82, 2.24) is 4.31 Å². The molecule has 1 aliphatic carbocycles. The monoisotopic (exact) mass is 290 g/mol. The molecule has 0 aromatic rings. The van der Waals surface area contributed by atoms with Crippen molar-refractivity contribution in [2.24, 2.45) is 5.41 Å². The van der Waals surface area contributed by atoms with Crippen LogP contribution in [0.2, 0.25) is 0 Å². The highest BCUT2D eigenvalue weighted by molar-refractivity contribution is 7.89. The van der Waals surface area contributed by atoms with Gasteiger partial charge in [-0.05, 0) is 12.8 Å². The molecule has 19 heavy (non-hydrogen) atoms. The van der Waals surface area contributed by atoms with Crippen LogP contribution in [-0.4, -0.2) is 51.0 Å². The second kappa shape index (κ2) is 5.73. The topological polar surface area (TPSA) is 70.4 Å². The Balaban J connectivity index is 2.07. The molecular weight excluding hydrogens is 271 g/mol. The van der Waals surface area contributed by atoms with Crippen LogP contribution in [0.15, 0.2) is 0 Å². The average molecular weight is 290 g/mol. The van der Waals surface area contributed by atoms with Gasteiger partial charge in [0.1, 0.15) is 6.67 Å². The van der Waals surface area contributed by atoms with E-state index in [1.165, 1.54) is 4.31 Å². The Kier molecular flexibility index (Phi) is 4.43. The predicted octanol–water partition coefficient (Wildman–Crippen LogP) is 1.07. The number of nitrogens with zero attached hydrogens (tertiary/aromatic N) is 2. The summed E-state index contributed by atoms with van der Waals surface area (Å²) in [7, 11) is -3.52. The van der Waals surface area contributed by atoms with E-state index in [4.69, 9.17) is 4.74 Å². The number of alkyl halides is 1. The minimum Gasteiger partial charge on any atom is -0.373 e. The van der Waals surface area contributed by atoms with Crippen molar-refractivity contribution in [3.05, 3.63) is 0 Å². The second-order valence-corrected chi connectivity index (χ2v) is 7.33. The quantitative estimate of drug-likeness (QED) is 0.776. The standard InChI is InChI=1S/C12H19FN2O3S/c13-7-11-8-15(5-6-18-11)19(16,17)10-12(9-14)3-1-2-4-12/h11H,1-8,10H2/t11-/m0/s1. The van der Waals surface area contributed by atoms with E-state index >= 15 is 0 Å². The molecule has 0 aromatic carbocycles. The SMILES string of the molecule is N#CC1(CS(=O)(=O)N2CCO[C@@H](CF)C2)CCCC1. The molecule has 5 nitrogen and oxygen atoms in total. The van der Waals surface area contributed by atoms with Gasteiger partial charge in [-0.1, -0.05) is 12.8 Å². The van der Waals surface area contributed by atoms with E-state index in [2.05, 4.69) is 6.07 Å². The van der Waals surface area contributed by atoms with Crippen molar-refractivity contribution >= 4 is 10.0 Å². The molecule has 1 saturated heterocycles. The van der Waals surface area contributed by atoms with Gasteiger partial charge in [0.2, 0.25) is 10.0 Å². The summed E-state index contributed by atoms with van der Waals surface area (Å²) in [5, 5.41) is 9.26. The average Bonchev–Trinajstić information content (AvgIpc) is 2.87. The van der Waals surface area contributed by atoms with Crippen molar-refractivity contribution in [2.75, 3.05) is 32.1 Å². The molecule has 1 atom stereocenters. The zero-order valence-electron chi connectivity index (χ0n) is 10.8. The summed E-state index contributed by atoms with van der Waals surface area (Å²) in [5.41, 5.74) is -0.748. The molecule has 0 N–H and O–H groups in total. The van der Waals surface area contributed by atoms with Crippen molar-refractivity contribution in [3.8, 4) is 6.07 Å². The minimum atomic E-state index is -3.52. The van der Waals surface area contributed by atoms with Crippen LogP contribution >= 0.6 is 0 Å². The zero-order valence-corrected chi connectivity index (χ0v) is 11.7. The molecule has 0 radical (unpaired) electrons. The number of ether oxygens (including phenoxy) is 1. The third-order valence-corrected chi connectivity index (χ3v) is 5.96. The van der Waals surface area contributed by atoms with Crippen LogP contribution in [0, 0.1) is 16.7 Å². The van der Waals surface area contributed by atoms with Crippen LogP contribution in [0.25, 0.3) is 0 Å². The maximum atomic E-state index is 12.6. The first-order chi connectivity index (χ1) is 9.01. The number of hydrogen-bond donors (Lipinski definition) is 0. The molecular formula is C12H19FN2O3S. The fourth-order valence-corrected chi connectivity index (χ4v) is 4.80. The minimum absolute atomic E-state index is 0.0559. The molecule has 0 spiro atoms. The predicted molar refractivity (Wildman–Crippen MR) is 67.6 cm³/mol. The van der Waals surface area contributed by atoms with Gasteiger partial charge in [0, 0.05) is 13.1 Å². The number of rotatable bonds is 4. The highest BCUT2D eigenvalue weighted by Crippen LogP contribution is 2.39. The molecule has 108 valence electrons. The van der Waals surface area contributed by atoms with Gasteiger partial charge >= 0.3 is 0 Å². The third kappa shape index (κ3) is 3.25. The molecule has 1 heterocycles. The molecule has 2 rings (SSSR count). The highest BCUT2D eigenvalue weighted by atomic mass is 32.2. The van der Waals surface area contributed by atoms with Gasteiger partial charge in [0.25, 0.3) is 0 Å². The van der Waals surface area contributed by atoms with Crippen molar-refractivity contribution in [3.63, 3.8) is 0 Å². The summed E-state index contributed by atoms with van der Waals surface area (Å²) >= 11 is 0. The van der Waals surface area contributed by atoms with Gasteiger partial charge in [-0.25, -0.2) is 12.8 Å². The number of halogens is 1. The number of morpholine rings is 1. The number of nitriles is 1. The maximum absolute atomic E-state index is 12.6. The van der Waals surface area contributed by atoms with Crippen LogP contribution in [0.5, 0.6) is 0 Å². The van der Waals surface area contributed by atoms with E-state index in [0.29, 0.717) is 12.8 Å². The van der Waals surface area contributed by atoms with Gasteiger partial charge in [0.05, 0.1) is 29.9 Å². The molecule has 1 aliphatic heterocycles. The lowest BCUT2D eigenvalue weighted by molar-refractivity contribution is -0.0137. The van der Waals surface area contributed by atoms with Gasteiger partial charge < -0.3 is 4.74 Å². The molecule has 2 fully saturated rings. The lowest BCUT2D eigenvalue weighted by Crippen LogP contribution is -2.48. The largest absolute Gasteiger partial charge is 0.373 e. The Hall–Kier alpha value is -0.710. The van der Waals surface area contributed by atoms with Gasteiger partial charge in [-0.3, -0.25) is 0 Å². The molecule has 2 aliphatic rings. The molecule has 1 saturated carbocycles. The van der Waals surface area contributed by atoms with Gasteiger partial charge in [-0.15, -0.1) is 0 Å². The lowest BCUT2D eigenvalue weighted by Gasteiger charge is -2.32. The van der Waals surface area contributed by atoms with Crippen LogP contribution < -0.4 is 0 Å². The number of sulfonamides is 1. The summed E-state index contributed by atoms with van der Waals surface area (Å²) in [6, 6.07) is 2.19. The highest BCUT2D eigenvalue weighted by Gasteiger charge is 2.41. The Morgan fingerprint density at radius 1 is 1.42 bits per heavy atom. The lowest BCUT2D eigenvalue weighted by atomic mass is 9.91. The summed E-state index contributed by atoms with van der Waals surface area (Å²) in [6.07, 6.45) is 2.41. The second-order valence-electron chi connectivity index (χ2n) is 5.36. The third-order valence-electron chi connectivity index (χ3n) is 3.92. The molecule has 0 bridgehead atoms. The van der Waals surface area contributed by atoms with E-state index in [0.717, 1.165) is 12.8 Å². The normalized spacial score (nSPS) is 28.1. The van der Waals surface area contributed by atoms with E-state index in [-0.39, 0.29) is 25.4 Å². The van der Waals surface area contributed by atoms with E-state index in [9.17, 15) is 18.1 Å². The summed E-state index contributed by atoms with van der Waals surface area (Å²) in [6.45, 7) is -0.163. The van der Waals surface area contributed by atoms with Crippen LogP contribution in [0.3, 0.4) is 0 Å². The Labute approximate surface area is 113 Å². The van der Waals surface area contributed by atoms with E-state index in [1.807, 2.05) is 0 Å². The number of hydrogen-bond acceptors (Lipinski definition) is 4. The summed E-state index contributed by atoms with van der Waals surface area (Å²) in [5.74, 6) is -0.143. The maximum Gasteiger partial charge on any atom is 0.215 e. The molecule has 7 heteroatoms. The van der Waals surface area contributed by atoms with E-state index in [1.54, 1.807) is 0 Å².